The Morgan fingerprint density at radius 1 is 1.03 bits per heavy atom. The first kappa shape index (κ1) is 20.2. The van der Waals surface area contributed by atoms with Gasteiger partial charge in [-0.25, -0.2) is 4.98 Å². The van der Waals surface area contributed by atoms with Crippen molar-refractivity contribution in [3.8, 4) is 11.1 Å². The van der Waals surface area contributed by atoms with Gasteiger partial charge in [-0.3, -0.25) is 14.2 Å². The zero-order valence-corrected chi connectivity index (χ0v) is 18.5. The van der Waals surface area contributed by atoms with Gasteiger partial charge < -0.3 is 5.32 Å². The monoisotopic (exact) mass is 439 g/mol. The summed E-state index contributed by atoms with van der Waals surface area (Å²) in [4.78, 5) is 31.5. The standard InChI is InChI=1S/C26H21N3O2S/c1-16-7-3-6-10-22(16)28-24(30)17(2)29-15-27-25-23(26(29)31)21(14-32-25)20-12-11-18-8-4-5-9-19(18)13-20/h3-15,17H,1-2H3,(H,28,30)/t17-/m1/s1. The van der Waals surface area contributed by atoms with Crippen LogP contribution in [0.5, 0.6) is 0 Å². The third-order valence-electron chi connectivity index (χ3n) is 5.78. The quantitative estimate of drug-likeness (QED) is 0.386. The van der Waals surface area contributed by atoms with Crippen LogP contribution < -0.4 is 10.9 Å². The third kappa shape index (κ3) is 3.48. The van der Waals surface area contributed by atoms with Crippen molar-refractivity contribution in [2.24, 2.45) is 0 Å². The number of amides is 1. The highest BCUT2D eigenvalue weighted by molar-refractivity contribution is 7.17. The van der Waals surface area contributed by atoms with Gasteiger partial charge in [0, 0.05) is 16.6 Å². The average molecular weight is 440 g/mol. The van der Waals surface area contributed by atoms with Crippen LogP contribution >= 0.6 is 11.3 Å². The van der Waals surface area contributed by atoms with Gasteiger partial charge in [-0.15, -0.1) is 11.3 Å². The van der Waals surface area contributed by atoms with E-state index in [0.29, 0.717) is 10.2 Å². The van der Waals surface area contributed by atoms with E-state index in [9.17, 15) is 9.59 Å². The summed E-state index contributed by atoms with van der Waals surface area (Å²) in [5.41, 5.74) is 3.29. The summed E-state index contributed by atoms with van der Waals surface area (Å²) < 4.78 is 1.41. The highest BCUT2D eigenvalue weighted by Gasteiger charge is 2.21. The minimum atomic E-state index is -0.705. The summed E-state index contributed by atoms with van der Waals surface area (Å²) in [5.74, 6) is -0.259. The number of carbonyl (C=O) groups excluding carboxylic acids is 1. The molecule has 0 unspecified atom stereocenters. The molecular weight excluding hydrogens is 418 g/mol. The first-order chi connectivity index (χ1) is 15.5. The Kier molecular flexibility index (Phi) is 5.07. The van der Waals surface area contributed by atoms with Gasteiger partial charge in [0.15, 0.2) is 0 Å². The Labute approximate surface area is 189 Å². The molecule has 2 aromatic heterocycles. The number of anilines is 1. The van der Waals surface area contributed by atoms with Gasteiger partial charge in [-0.2, -0.15) is 0 Å². The first-order valence-electron chi connectivity index (χ1n) is 10.4. The van der Waals surface area contributed by atoms with Crippen molar-refractivity contribution in [2.75, 3.05) is 5.32 Å². The van der Waals surface area contributed by atoms with Crippen LogP contribution in [-0.4, -0.2) is 15.5 Å². The lowest BCUT2D eigenvalue weighted by Crippen LogP contribution is -2.31. The third-order valence-corrected chi connectivity index (χ3v) is 6.67. The fraction of sp³-hybridized carbons (Fsp3) is 0.115. The summed E-state index contributed by atoms with van der Waals surface area (Å²) in [7, 11) is 0. The molecule has 0 aliphatic rings. The maximum atomic E-state index is 13.5. The lowest BCUT2D eigenvalue weighted by atomic mass is 10.0. The highest BCUT2D eigenvalue weighted by atomic mass is 32.1. The van der Waals surface area contributed by atoms with E-state index in [1.165, 1.54) is 22.2 Å². The number of rotatable bonds is 4. The number of carbonyl (C=O) groups is 1. The van der Waals surface area contributed by atoms with E-state index in [0.717, 1.165) is 33.2 Å². The molecule has 158 valence electrons. The van der Waals surface area contributed by atoms with E-state index >= 15 is 0 Å². The summed E-state index contributed by atoms with van der Waals surface area (Å²) in [6.07, 6.45) is 1.47. The summed E-state index contributed by atoms with van der Waals surface area (Å²) in [5, 5.41) is 7.69. The second kappa shape index (κ2) is 8.05. The number of thiophene rings is 1. The Morgan fingerprint density at radius 3 is 2.59 bits per heavy atom. The normalized spacial score (nSPS) is 12.2. The molecule has 5 nitrogen and oxygen atoms in total. The van der Waals surface area contributed by atoms with Crippen LogP contribution in [0.1, 0.15) is 18.5 Å². The van der Waals surface area contributed by atoms with E-state index in [-0.39, 0.29) is 11.5 Å². The fourth-order valence-electron chi connectivity index (χ4n) is 3.87. The molecule has 5 rings (SSSR count). The van der Waals surface area contributed by atoms with Crippen LogP contribution in [-0.2, 0) is 4.79 Å². The molecule has 2 heterocycles. The molecule has 0 aliphatic carbocycles. The van der Waals surface area contributed by atoms with Crippen LogP contribution in [0.2, 0.25) is 0 Å². The molecule has 1 amide bonds. The molecule has 1 atom stereocenters. The number of aryl methyl sites for hydroxylation is 1. The SMILES string of the molecule is Cc1ccccc1NC(=O)[C@@H](C)n1cnc2scc(-c3ccc4ccccc4c3)c2c1=O. The lowest BCUT2D eigenvalue weighted by molar-refractivity contribution is -0.118. The Balaban J connectivity index is 1.55. The Morgan fingerprint density at radius 2 is 1.78 bits per heavy atom. The number of nitrogens with zero attached hydrogens (tertiary/aromatic N) is 2. The first-order valence-corrected chi connectivity index (χ1v) is 11.2. The number of fused-ring (bicyclic) bond motifs is 2. The van der Waals surface area contributed by atoms with E-state index in [4.69, 9.17) is 0 Å². The minimum absolute atomic E-state index is 0.216. The highest BCUT2D eigenvalue weighted by Crippen LogP contribution is 2.32. The molecule has 0 aliphatic heterocycles. The molecule has 0 saturated heterocycles. The molecule has 3 aromatic carbocycles. The Bertz CT molecular complexity index is 1530. The second-order valence-electron chi connectivity index (χ2n) is 7.83. The van der Waals surface area contributed by atoms with Gasteiger partial charge in [-0.05, 0) is 47.9 Å². The predicted octanol–water partition coefficient (Wildman–Crippen LogP) is 5.79. The molecule has 1 N–H and O–H groups in total. The van der Waals surface area contributed by atoms with Gasteiger partial charge in [0.25, 0.3) is 5.56 Å². The van der Waals surface area contributed by atoms with Gasteiger partial charge in [0.2, 0.25) is 5.91 Å². The van der Waals surface area contributed by atoms with Gasteiger partial charge in [0.05, 0.1) is 11.7 Å². The molecule has 6 heteroatoms. The van der Waals surface area contributed by atoms with Gasteiger partial charge >= 0.3 is 0 Å². The lowest BCUT2D eigenvalue weighted by Gasteiger charge is -2.16. The molecule has 32 heavy (non-hydrogen) atoms. The summed E-state index contributed by atoms with van der Waals surface area (Å²) in [6, 6.07) is 21.2. The van der Waals surface area contributed by atoms with E-state index in [2.05, 4.69) is 34.6 Å². The summed E-state index contributed by atoms with van der Waals surface area (Å²) >= 11 is 1.44. The van der Waals surface area contributed by atoms with E-state index in [1.54, 1.807) is 6.92 Å². The molecule has 0 spiro atoms. The minimum Gasteiger partial charge on any atom is -0.324 e. The zero-order chi connectivity index (χ0) is 22.2. The van der Waals surface area contributed by atoms with Crippen molar-refractivity contribution < 1.29 is 4.79 Å². The number of hydrogen-bond acceptors (Lipinski definition) is 4. The summed E-state index contributed by atoms with van der Waals surface area (Å²) in [6.45, 7) is 3.64. The van der Waals surface area contributed by atoms with Crippen LogP contribution in [0.15, 0.2) is 83.2 Å². The second-order valence-corrected chi connectivity index (χ2v) is 8.69. The molecule has 0 fully saturated rings. The number of nitrogens with one attached hydrogen (secondary N) is 1. The molecule has 0 saturated carbocycles. The van der Waals surface area contributed by atoms with Gasteiger partial charge in [0.1, 0.15) is 10.9 Å². The van der Waals surface area contributed by atoms with Crippen LogP contribution in [0.3, 0.4) is 0 Å². The molecular formula is C26H21N3O2S. The van der Waals surface area contributed by atoms with Gasteiger partial charge in [-0.1, -0.05) is 54.6 Å². The number of benzene rings is 3. The predicted molar refractivity (Wildman–Crippen MR) is 131 cm³/mol. The molecule has 5 aromatic rings. The fourth-order valence-corrected chi connectivity index (χ4v) is 4.77. The van der Waals surface area contributed by atoms with E-state index in [1.807, 2.05) is 54.8 Å². The maximum absolute atomic E-state index is 13.5. The molecule has 0 bridgehead atoms. The maximum Gasteiger partial charge on any atom is 0.263 e. The van der Waals surface area contributed by atoms with Crippen LogP contribution in [0, 0.1) is 6.92 Å². The van der Waals surface area contributed by atoms with Crippen LogP contribution in [0.4, 0.5) is 5.69 Å². The van der Waals surface area contributed by atoms with Crippen molar-refractivity contribution in [1.82, 2.24) is 9.55 Å². The number of para-hydroxylation sites is 1. The van der Waals surface area contributed by atoms with Crippen molar-refractivity contribution in [1.29, 1.82) is 0 Å². The molecule has 0 radical (unpaired) electrons. The largest absolute Gasteiger partial charge is 0.324 e. The van der Waals surface area contributed by atoms with Crippen molar-refractivity contribution >= 4 is 43.9 Å². The number of hydrogen-bond donors (Lipinski definition) is 1. The number of aromatic nitrogens is 2. The topological polar surface area (TPSA) is 64.0 Å². The van der Waals surface area contributed by atoms with Crippen molar-refractivity contribution in [2.45, 2.75) is 19.9 Å². The van der Waals surface area contributed by atoms with Crippen molar-refractivity contribution in [3.05, 3.63) is 94.4 Å². The smallest absolute Gasteiger partial charge is 0.263 e. The van der Waals surface area contributed by atoms with Crippen molar-refractivity contribution in [3.63, 3.8) is 0 Å². The Hall–Kier alpha value is -3.77. The average Bonchev–Trinajstić information content (AvgIpc) is 3.25. The van der Waals surface area contributed by atoms with E-state index < -0.39 is 6.04 Å². The van der Waals surface area contributed by atoms with Crippen LogP contribution in [0.25, 0.3) is 32.1 Å². The zero-order valence-electron chi connectivity index (χ0n) is 17.7.